The van der Waals surface area contributed by atoms with Crippen LogP contribution in [0.25, 0.3) is 0 Å². The average Bonchev–Trinajstić information content (AvgIpc) is 2.19. The van der Waals surface area contributed by atoms with Crippen LogP contribution in [0, 0.1) is 6.92 Å². The van der Waals surface area contributed by atoms with E-state index in [-0.39, 0.29) is 0 Å². The number of anilines is 2. The third kappa shape index (κ3) is 1.91. The van der Waals surface area contributed by atoms with Crippen LogP contribution in [0.1, 0.15) is 18.9 Å². The molecule has 0 fully saturated rings. The predicted molar refractivity (Wildman–Crippen MR) is 67.2 cm³/mol. The van der Waals surface area contributed by atoms with E-state index >= 15 is 0 Å². The first-order chi connectivity index (χ1) is 7.11. The van der Waals surface area contributed by atoms with Crippen LogP contribution in [0.4, 0.5) is 11.4 Å². The number of benzene rings is 1. The highest BCUT2D eigenvalue weighted by Crippen LogP contribution is 2.37. The molecule has 0 saturated heterocycles. The predicted octanol–water partition coefficient (Wildman–Crippen LogP) is 3.29. The summed E-state index contributed by atoms with van der Waals surface area (Å²) in [4.78, 5) is 2.28. The summed E-state index contributed by atoms with van der Waals surface area (Å²) in [7, 11) is 2.12. The highest BCUT2D eigenvalue weighted by atomic mass is 35.5. The second-order valence-corrected chi connectivity index (χ2v) is 4.68. The van der Waals surface area contributed by atoms with Crippen LogP contribution in [-0.2, 0) is 0 Å². The summed E-state index contributed by atoms with van der Waals surface area (Å²) < 4.78 is 0. The maximum atomic E-state index is 6.25. The van der Waals surface area contributed by atoms with Gasteiger partial charge < -0.3 is 10.2 Å². The Morgan fingerprint density at radius 1 is 1.53 bits per heavy atom. The van der Waals surface area contributed by atoms with Crippen LogP contribution in [0.15, 0.2) is 12.1 Å². The lowest BCUT2D eigenvalue weighted by atomic mass is 10.1. The lowest BCUT2D eigenvalue weighted by Gasteiger charge is -2.35. The van der Waals surface area contributed by atoms with Gasteiger partial charge in [-0.1, -0.05) is 18.5 Å². The van der Waals surface area contributed by atoms with Gasteiger partial charge in [0, 0.05) is 19.6 Å². The smallest absolute Gasteiger partial charge is 0.0770 e. The lowest BCUT2D eigenvalue weighted by Crippen LogP contribution is -2.39. The number of aryl methyl sites for hydroxylation is 1. The summed E-state index contributed by atoms with van der Waals surface area (Å²) >= 11 is 6.25. The number of likely N-dealkylation sites (N-methyl/N-ethyl adjacent to an activating group) is 1. The van der Waals surface area contributed by atoms with E-state index in [4.69, 9.17) is 11.6 Å². The molecule has 1 aromatic carbocycles. The second kappa shape index (κ2) is 3.93. The molecule has 0 aliphatic carbocycles. The zero-order valence-electron chi connectivity index (χ0n) is 9.47. The van der Waals surface area contributed by atoms with Crippen molar-refractivity contribution >= 4 is 23.0 Å². The molecule has 1 aliphatic rings. The molecule has 2 nitrogen and oxygen atoms in total. The normalized spacial score (nSPS) is 19.7. The minimum atomic E-state index is 0.503. The third-order valence-corrected chi connectivity index (χ3v) is 3.26. The number of hydrogen-bond donors (Lipinski definition) is 1. The molecular weight excluding hydrogens is 208 g/mol. The van der Waals surface area contributed by atoms with Gasteiger partial charge in [-0.3, -0.25) is 0 Å². The Morgan fingerprint density at radius 3 is 2.93 bits per heavy atom. The maximum Gasteiger partial charge on any atom is 0.0770 e. The fraction of sp³-hybridized carbons (Fsp3) is 0.500. The molecule has 1 N–H and O–H groups in total. The van der Waals surface area contributed by atoms with Gasteiger partial charge in [0.05, 0.1) is 16.4 Å². The largest absolute Gasteiger partial charge is 0.378 e. The van der Waals surface area contributed by atoms with Gasteiger partial charge in [0.1, 0.15) is 0 Å². The molecule has 0 bridgehead atoms. The third-order valence-electron chi connectivity index (χ3n) is 2.96. The Hall–Kier alpha value is -0.890. The summed E-state index contributed by atoms with van der Waals surface area (Å²) in [6.45, 7) is 5.31. The van der Waals surface area contributed by atoms with E-state index in [0.29, 0.717) is 6.04 Å². The van der Waals surface area contributed by atoms with E-state index in [0.717, 1.165) is 23.7 Å². The number of halogens is 1. The fourth-order valence-electron chi connectivity index (χ4n) is 2.08. The molecule has 15 heavy (non-hydrogen) atoms. The second-order valence-electron chi connectivity index (χ2n) is 4.27. The van der Waals surface area contributed by atoms with Crippen molar-refractivity contribution in [2.75, 3.05) is 23.8 Å². The number of nitrogens with one attached hydrogen (secondary N) is 1. The summed E-state index contributed by atoms with van der Waals surface area (Å²) in [6.07, 6.45) is 1.12. The maximum absolute atomic E-state index is 6.25. The van der Waals surface area contributed by atoms with Crippen LogP contribution < -0.4 is 10.2 Å². The Bertz CT molecular complexity index is 376. The van der Waals surface area contributed by atoms with Crippen LogP contribution in [0.5, 0.6) is 0 Å². The van der Waals surface area contributed by atoms with E-state index in [1.807, 2.05) is 6.07 Å². The molecule has 1 heterocycles. The monoisotopic (exact) mass is 224 g/mol. The average molecular weight is 225 g/mol. The van der Waals surface area contributed by atoms with Gasteiger partial charge in [0.2, 0.25) is 0 Å². The van der Waals surface area contributed by atoms with Gasteiger partial charge in [-0.05, 0) is 31.0 Å². The van der Waals surface area contributed by atoms with Crippen molar-refractivity contribution in [2.24, 2.45) is 0 Å². The zero-order valence-corrected chi connectivity index (χ0v) is 10.2. The van der Waals surface area contributed by atoms with E-state index in [1.165, 1.54) is 11.3 Å². The molecule has 0 radical (unpaired) electrons. The number of nitrogens with zero attached hydrogens (tertiary/aromatic N) is 1. The van der Waals surface area contributed by atoms with Crippen molar-refractivity contribution in [3.05, 3.63) is 22.7 Å². The van der Waals surface area contributed by atoms with Gasteiger partial charge in [-0.2, -0.15) is 0 Å². The Balaban J connectivity index is 2.45. The quantitative estimate of drug-likeness (QED) is 0.788. The van der Waals surface area contributed by atoms with Crippen molar-refractivity contribution in [1.82, 2.24) is 0 Å². The summed E-state index contributed by atoms with van der Waals surface area (Å²) in [6, 6.07) is 4.70. The minimum Gasteiger partial charge on any atom is -0.378 e. The molecule has 2 rings (SSSR count). The molecule has 0 amide bonds. The van der Waals surface area contributed by atoms with E-state index in [9.17, 15) is 0 Å². The zero-order chi connectivity index (χ0) is 11.0. The molecule has 1 atom stereocenters. The molecule has 0 aromatic heterocycles. The SMILES string of the molecule is CCC1CN(C)c2cc(C)cc(Cl)c2N1. The van der Waals surface area contributed by atoms with Gasteiger partial charge in [-0.15, -0.1) is 0 Å². The molecule has 82 valence electrons. The topological polar surface area (TPSA) is 15.3 Å². The number of hydrogen-bond acceptors (Lipinski definition) is 2. The molecule has 1 aromatic rings. The molecule has 3 heteroatoms. The van der Waals surface area contributed by atoms with Crippen molar-refractivity contribution in [3.63, 3.8) is 0 Å². The summed E-state index contributed by atoms with van der Waals surface area (Å²) in [5, 5.41) is 4.33. The molecule has 0 spiro atoms. The first-order valence-corrected chi connectivity index (χ1v) is 5.77. The van der Waals surface area contributed by atoms with Gasteiger partial charge >= 0.3 is 0 Å². The van der Waals surface area contributed by atoms with E-state index < -0.39 is 0 Å². The van der Waals surface area contributed by atoms with Crippen LogP contribution in [0.2, 0.25) is 5.02 Å². The lowest BCUT2D eigenvalue weighted by molar-refractivity contribution is 0.662. The number of rotatable bonds is 1. The Kier molecular flexibility index (Phi) is 2.79. The molecule has 1 aliphatic heterocycles. The van der Waals surface area contributed by atoms with E-state index in [2.05, 4.69) is 37.2 Å². The highest BCUT2D eigenvalue weighted by molar-refractivity contribution is 6.34. The Labute approximate surface area is 96.2 Å². The van der Waals surface area contributed by atoms with Gasteiger partial charge in [-0.25, -0.2) is 0 Å². The van der Waals surface area contributed by atoms with Crippen molar-refractivity contribution in [2.45, 2.75) is 26.3 Å². The fourth-order valence-corrected chi connectivity index (χ4v) is 2.40. The van der Waals surface area contributed by atoms with Crippen molar-refractivity contribution in [1.29, 1.82) is 0 Å². The van der Waals surface area contributed by atoms with Crippen molar-refractivity contribution < 1.29 is 0 Å². The number of fused-ring (bicyclic) bond motifs is 1. The summed E-state index contributed by atoms with van der Waals surface area (Å²) in [5.74, 6) is 0. The van der Waals surface area contributed by atoms with Gasteiger partial charge in [0.15, 0.2) is 0 Å². The summed E-state index contributed by atoms with van der Waals surface area (Å²) in [5.41, 5.74) is 3.51. The first-order valence-electron chi connectivity index (χ1n) is 5.39. The van der Waals surface area contributed by atoms with Crippen LogP contribution >= 0.6 is 11.6 Å². The van der Waals surface area contributed by atoms with Crippen molar-refractivity contribution in [3.8, 4) is 0 Å². The highest BCUT2D eigenvalue weighted by Gasteiger charge is 2.22. The molecule has 0 saturated carbocycles. The molecular formula is C12H17ClN2. The van der Waals surface area contributed by atoms with Gasteiger partial charge in [0.25, 0.3) is 0 Å². The van der Waals surface area contributed by atoms with Crippen LogP contribution in [0.3, 0.4) is 0 Å². The Morgan fingerprint density at radius 2 is 2.27 bits per heavy atom. The standard InChI is InChI=1S/C12H17ClN2/c1-4-9-7-15(3)11-6-8(2)5-10(13)12(11)14-9/h5-6,9,14H,4,7H2,1-3H3. The molecule has 1 unspecified atom stereocenters. The van der Waals surface area contributed by atoms with E-state index in [1.54, 1.807) is 0 Å². The first kappa shape index (κ1) is 10.6. The minimum absolute atomic E-state index is 0.503. The van der Waals surface area contributed by atoms with Crippen LogP contribution in [-0.4, -0.2) is 19.6 Å².